The van der Waals surface area contributed by atoms with Crippen LogP contribution in [0.2, 0.25) is 0 Å². The van der Waals surface area contributed by atoms with Crippen molar-refractivity contribution in [3.8, 4) is 0 Å². The van der Waals surface area contributed by atoms with Gasteiger partial charge in [0, 0.05) is 35.4 Å². The van der Waals surface area contributed by atoms with E-state index >= 15 is 0 Å². The zero-order valence-electron chi connectivity index (χ0n) is 22.5. The summed E-state index contributed by atoms with van der Waals surface area (Å²) in [5.41, 5.74) is 8.57. The number of benzene rings is 2. The molecule has 1 aliphatic heterocycles. The van der Waals surface area contributed by atoms with E-state index in [1.165, 1.54) is 16.7 Å². The average Bonchev–Trinajstić information content (AvgIpc) is 2.87. The van der Waals surface area contributed by atoms with E-state index in [0.29, 0.717) is 18.8 Å². The zero-order chi connectivity index (χ0) is 26.4. The molecule has 2 aromatic carbocycles. The molecule has 1 aromatic heterocycles. The zero-order valence-corrected chi connectivity index (χ0v) is 22.5. The van der Waals surface area contributed by atoms with Crippen LogP contribution >= 0.6 is 0 Å². The van der Waals surface area contributed by atoms with Crippen LogP contribution in [0.5, 0.6) is 0 Å². The lowest BCUT2D eigenvalue weighted by atomic mass is 9.96. The van der Waals surface area contributed by atoms with E-state index in [4.69, 9.17) is 0 Å². The van der Waals surface area contributed by atoms with Gasteiger partial charge in [-0.05, 0) is 85.4 Å². The summed E-state index contributed by atoms with van der Waals surface area (Å²) in [5.74, 6) is 1.15. The largest absolute Gasteiger partial charge is 0.387 e. The Bertz CT molecular complexity index is 1270. The molecule has 5 nitrogen and oxygen atoms in total. The maximum Gasteiger partial charge on any atom is 0.141 e. The van der Waals surface area contributed by atoms with E-state index in [-0.39, 0.29) is 12.7 Å². The topological polar surface area (TPSA) is 61.9 Å². The smallest absolute Gasteiger partial charge is 0.141 e. The second kappa shape index (κ2) is 12.2. The van der Waals surface area contributed by atoms with Crippen molar-refractivity contribution in [2.24, 2.45) is 5.92 Å². The minimum atomic E-state index is -0.313. The van der Waals surface area contributed by atoms with Crippen LogP contribution in [0.1, 0.15) is 55.4 Å². The lowest BCUT2D eigenvalue weighted by Crippen LogP contribution is -2.40. The fourth-order valence-electron chi connectivity index (χ4n) is 5.06. The Kier molecular flexibility index (Phi) is 8.80. The van der Waals surface area contributed by atoms with Crippen molar-refractivity contribution in [1.82, 2.24) is 20.6 Å². The molecule has 1 atom stereocenters. The van der Waals surface area contributed by atoms with Gasteiger partial charge in [0.05, 0.1) is 18.2 Å². The Hall–Kier alpha value is -3.41. The number of hydrogen-bond acceptors (Lipinski definition) is 5. The summed E-state index contributed by atoms with van der Waals surface area (Å²) >= 11 is 0. The van der Waals surface area contributed by atoms with Crippen molar-refractivity contribution in [1.29, 1.82) is 0 Å². The van der Waals surface area contributed by atoms with Crippen molar-refractivity contribution < 1.29 is 4.39 Å². The van der Waals surface area contributed by atoms with Gasteiger partial charge in [-0.25, -0.2) is 9.97 Å². The van der Waals surface area contributed by atoms with Crippen LogP contribution in [0.3, 0.4) is 0 Å². The Morgan fingerprint density at radius 1 is 1.08 bits per heavy atom. The molecule has 2 bridgehead atoms. The van der Waals surface area contributed by atoms with Crippen LogP contribution in [-0.4, -0.2) is 29.2 Å². The van der Waals surface area contributed by atoms with E-state index in [1.807, 2.05) is 0 Å². The lowest BCUT2D eigenvalue weighted by molar-refractivity contribution is 0.453. The van der Waals surface area contributed by atoms with E-state index < -0.39 is 0 Å². The molecule has 196 valence electrons. The number of hydrogen-bond donors (Lipinski definition) is 3. The lowest BCUT2D eigenvalue weighted by Gasteiger charge is -2.28. The van der Waals surface area contributed by atoms with Crippen LogP contribution in [-0.2, 0) is 19.3 Å². The van der Waals surface area contributed by atoms with E-state index in [0.717, 1.165) is 71.6 Å². The predicted octanol–water partition coefficient (Wildman–Crippen LogP) is 6.69. The van der Waals surface area contributed by atoms with Gasteiger partial charge in [-0.2, -0.15) is 0 Å². The number of allylic oxidation sites excluding steroid dienone is 1. The average molecular weight is 502 g/mol. The van der Waals surface area contributed by atoms with Crippen molar-refractivity contribution in [2.75, 3.05) is 18.5 Å². The van der Waals surface area contributed by atoms with Crippen molar-refractivity contribution in [3.63, 3.8) is 0 Å². The number of nitrogens with one attached hydrogen (secondary N) is 3. The van der Waals surface area contributed by atoms with Gasteiger partial charge in [0.15, 0.2) is 0 Å². The standard InChI is InChI=1S/C31H40FN5/c1-20(2)30-23(5)33-14-7-6-9-24-17-27-29(18-25(24)10-8-13-32)34-19-35-31(27)37-28-15-21(3)11-12-26(28)16-22(4)36-30/h11-12,15,17-20,30,33,36H,4-10,13-14,16H2,1-3H3,(H,34,35,37). The first-order valence-electron chi connectivity index (χ1n) is 13.4. The molecule has 0 saturated carbocycles. The molecule has 0 spiro atoms. The van der Waals surface area contributed by atoms with E-state index in [2.05, 4.69) is 90.2 Å². The summed E-state index contributed by atoms with van der Waals surface area (Å²) in [6.07, 6.45) is 6.50. The van der Waals surface area contributed by atoms with Crippen LogP contribution in [0.25, 0.3) is 10.9 Å². The maximum absolute atomic E-state index is 13.1. The maximum atomic E-state index is 13.1. The van der Waals surface area contributed by atoms with Gasteiger partial charge in [0.25, 0.3) is 0 Å². The molecule has 4 rings (SSSR count). The van der Waals surface area contributed by atoms with Gasteiger partial charge in [-0.15, -0.1) is 0 Å². The Morgan fingerprint density at radius 3 is 2.70 bits per heavy atom. The second-order valence-electron chi connectivity index (χ2n) is 10.5. The molecule has 1 aliphatic rings. The molecule has 0 amide bonds. The highest BCUT2D eigenvalue weighted by Crippen LogP contribution is 2.30. The molecule has 0 fully saturated rings. The fraction of sp³-hybridized carbons (Fsp3) is 0.419. The molecule has 3 N–H and O–H groups in total. The molecular formula is C31H40FN5. The molecule has 37 heavy (non-hydrogen) atoms. The predicted molar refractivity (Wildman–Crippen MR) is 153 cm³/mol. The summed E-state index contributed by atoms with van der Waals surface area (Å²) in [5, 5.41) is 11.8. The quantitative estimate of drug-likeness (QED) is 0.372. The molecule has 0 aliphatic carbocycles. The summed E-state index contributed by atoms with van der Waals surface area (Å²) in [7, 11) is 0. The van der Waals surface area contributed by atoms with Gasteiger partial charge in [0.1, 0.15) is 12.1 Å². The third-order valence-electron chi connectivity index (χ3n) is 7.09. The summed E-state index contributed by atoms with van der Waals surface area (Å²) in [6, 6.07) is 10.9. The summed E-state index contributed by atoms with van der Waals surface area (Å²) in [6.45, 7) is 15.7. The van der Waals surface area contributed by atoms with Gasteiger partial charge in [-0.3, -0.25) is 4.39 Å². The highest BCUT2D eigenvalue weighted by Gasteiger charge is 2.19. The number of alkyl halides is 1. The number of aryl methyl sites for hydroxylation is 3. The van der Waals surface area contributed by atoms with E-state index in [1.54, 1.807) is 6.33 Å². The molecule has 0 radical (unpaired) electrons. The van der Waals surface area contributed by atoms with Crippen LogP contribution < -0.4 is 16.0 Å². The van der Waals surface area contributed by atoms with Crippen LogP contribution in [0.15, 0.2) is 61.2 Å². The normalized spacial score (nSPS) is 17.2. The van der Waals surface area contributed by atoms with Crippen molar-refractivity contribution >= 4 is 22.4 Å². The number of nitrogens with zero attached hydrogens (tertiary/aromatic N) is 2. The highest BCUT2D eigenvalue weighted by molar-refractivity contribution is 5.92. The Morgan fingerprint density at radius 2 is 1.92 bits per heavy atom. The van der Waals surface area contributed by atoms with Crippen LogP contribution in [0, 0.1) is 12.8 Å². The molecule has 2 heterocycles. The molecular weight excluding hydrogens is 461 g/mol. The number of anilines is 2. The molecule has 3 aromatic rings. The monoisotopic (exact) mass is 501 g/mol. The van der Waals surface area contributed by atoms with E-state index in [9.17, 15) is 4.39 Å². The summed E-state index contributed by atoms with van der Waals surface area (Å²) < 4.78 is 13.1. The minimum absolute atomic E-state index is 0.0915. The van der Waals surface area contributed by atoms with Gasteiger partial charge in [-0.1, -0.05) is 39.1 Å². The van der Waals surface area contributed by atoms with Crippen molar-refractivity contribution in [3.05, 3.63) is 83.5 Å². The number of fused-ring (bicyclic) bond motifs is 2. The fourth-order valence-corrected chi connectivity index (χ4v) is 5.06. The first kappa shape index (κ1) is 26.6. The first-order chi connectivity index (χ1) is 17.9. The van der Waals surface area contributed by atoms with Gasteiger partial charge in [0.2, 0.25) is 0 Å². The molecule has 1 unspecified atom stereocenters. The minimum Gasteiger partial charge on any atom is -0.387 e. The number of halogens is 1. The number of rotatable bonds is 4. The third kappa shape index (κ3) is 6.68. The SMILES string of the molecule is C=C1Cc2ccc(C)cc2Nc2ncnc3cc(CCCF)c(cc23)CCCCNC(=C)C(C(C)C)N1. The first-order valence-corrected chi connectivity index (χ1v) is 13.4. The van der Waals surface area contributed by atoms with Gasteiger partial charge >= 0.3 is 0 Å². The molecule has 6 heteroatoms. The highest BCUT2D eigenvalue weighted by atomic mass is 19.1. The van der Waals surface area contributed by atoms with Crippen molar-refractivity contribution in [2.45, 2.75) is 65.3 Å². The molecule has 0 saturated heterocycles. The second-order valence-corrected chi connectivity index (χ2v) is 10.5. The van der Waals surface area contributed by atoms with Crippen LogP contribution in [0.4, 0.5) is 15.9 Å². The van der Waals surface area contributed by atoms with Gasteiger partial charge < -0.3 is 16.0 Å². The number of aromatic nitrogens is 2. The third-order valence-corrected chi connectivity index (χ3v) is 7.09. The Balaban J connectivity index is 1.77. The Labute approximate surface area is 220 Å². The summed E-state index contributed by atoms with van der Waals surface area (Å²) in [4.78, 5) is 9.19.